The lowest BCUT2D eigenvalue weighted by Crippen LogP contribution is -2.13. The van der Waals surface area contributed by atoms with Crippen LogP contribution in [0.5, 0.6) is 0 Å². The molecule has 0 aromatic carbocycles. The summed E-state index contributed by atoms with van der Waals surface area (Å²) in [7, 11) is 1.40. The fourth-order valence-corrected chi connectivity index (χ4v) is 1.69. The second kappa shape index (κ2) is 3.61. The topological polar surface area (TPSA) is 52.3 Å². The Morgan fingerprint density at radius 2 is 2.42 bits per heavy atom. The predicted molar refractivity (Wildman–Crippen MR) is 46.2 cm³/mol. The standard InChI is InChI=1S/C9H15NO2/c1-3-6-4-5-7(10)8(6)9(11)12-2/h6H,3-5,10H2,1-2H3. The number of nitrogens with two attached hydrogens (primary N) is 1. The first-order chi connectivity index (χ1) is 5.70. The third kappa shape index (κ3) is 1.44. The van der Waals surface area contributed by atoms with Crippen LogP contribution in [-0.4, -0.2) is 13.1 Å². The fraction of sp³-hybridized carbons (Fsp3) is 0.667. The lowest BCUT2D eigenvalue weighted by Gasteiger charge is -2.09. The molecule has 2 N–H and O–H groups in total. The maximum atomic E-state index is 11.2. The molecule has 3 nitrogen and oxygen atoms in total. The van der Waals surface area contributed by atoms with Crippen molar-refractivity contribution in [3.63, 3.8) is 0 Å². The minimum atomic E-state index is -0.253. The van der Waals surface area contributed by atoms with E-state index in [4.69, 9.17) is 5.73 Å². The molecule has 68 valence electrons. The molecule has 0 amide bonds. The van der Waals surface area contributed by atoms with Crippen molar-refractivity contribution >= 4 is 5.97 Å². The van der Waals surface area contributed by atoms with Gasteiger partial charge in [0.25, 0.3) is 0 Å². The van der Waals surface area contributed by atoms with Crippen molar-refractivity contribution < 1.29 is 9.53 Å². The van der Waals surface area contributed by atoms with Gasteiger partial charge in [0.05, 0.1) is 12.7 Å². The zero-order valence-corrected chi connectivity index (χ0v) is 7.59. The number of carbonyl (C=O) groups is 1. The molecule has 0 radical (unpaired) electrons. The molecule has 0 bridgehead atoms. The fourth-order valence-electron chi connectivity index (χ4n) is 1.69. The summed E-state index contributed by atoms with van der Waals surface area (Å²) in [5.74, 6) is 0.0642. The minimum Gasteiger partial charge on any atom is -0.466 e. The number of hydrogen-bond donors (Lipinski definition) is 1. The highest BCUT2D eigenvalue weighted by atomic mass is 16.5. The van der Waals surface area contributed by atoms with Gasteiger partial charge in [-0.15, -0.1) is 0 Å². The molecular weight excluding hydrogens is 154 g/mol. The van der Waals surface area contributed by atoms with Gasteiger partial charge in [0.15, 0.2) is 0 Å². The Bertz CT molecular complexity index is 221. The second-order valence-corrected chi connectivity index (χ2v) is 3.07. The van der Waals surface area contributed by atoms with Crippen molar-refractivity contribution in [2.45, 2.75) is 26.2 Å². The van der Waals surface area contributed by atoms with Crippen LogP contribution >= 0.6 is 0 Å². The summed E-state index contributed by atoms with van der Waals surface area (Å²) in [6.45, 7) is 2.06. The van der Waals surface area contributed by atoms with E-state index in [1.165, 1.54) is 7.11 Å². The molecule has 0 fully saturated rings. The first-order valence-corrected chi connectivity index (χ1v) is 4.27. The Hall–Kier alpha value is -0.990. The summed E-state index contributed by atoms with van der Waals surface area (Å²) < 4.78 is 4.66. The van der Waals surface area contributed by atoms with Crippen LogP contribution in [0.1, 0.15) is 26.2 Å². The molecule has 1 aliphatic carbocycles. The summed E-state index contributed by atoms with van der Waals surface area (Å²) in [4.78, 5) is 11.2. The lowest BCUT2D eigenvalue weighted by atomic mass is 9.99. The quantitative estimate of drug-likeness (QED) is 0.632. The average Bonchev–Trinajstić information content (AvgIpc) is 2.45. The highest BCUT2D eigenvalue weighted by molar-refractivity contribution is 5.90. The van der Waals surface area contributed by atoms with Gasteiger partial charge in [-0.3, -0.25) is 0 Å². The van der Waals surface area contributed by atoms with E-state index in [1.54, 1.807) is 0 Å². The van der Waals surface area contributed by atoms with Gasteiger partial charge in [-0.05, 0) is 25.2 Å². The van der Waals surface area contributed by atoms with Crippen molar-refractivity contribution in [3.8, 4) is 0 Å². The van der Waals surface area contributed by atoms with Crippen molar-refractivity contribution in [3.05, 3.63) is 11.3 Å². The van der Waals surface area contributed by atoms with Gasteiger partial charge in [-0.25, -0.2) is 4.79 Å². The van der Waals surface area contributed by atoms with Crippen LogP contribution in [0.15, 0.2) is 11.3 Å². The summed E-state index contributed by atoms with van der Waals surface area (Å²) in [6.07, 6.45) is 2.79. The molecule has 1 atom stereocenters. The van der Waals surface area contributed by atoms with Crippen LogP contribution in [0.2, 0.25) is 0 Å². The zero-order valence-electron chi connectivity index (χ0n) is 7.59. The number of rotatable bonds is 2. The molecule has 12 heavy (non-hydrogen) atoms. The van der Waals surface area contributed by atoms with E-state index in [0.717, 1.165) is 19.3 Å². The Labute approximate surface area is 72.6 Å². The molecule has 0 aliphatic heterocycles. The third-order valence-electron chi connectivity index (χ3n) is 2.41. The molecular formula is C9H15NO2. The summed E-state index contributed by atoms with van der Waals surface area (Å²) in [5.41, 5.74) is 7.12. The molecule has 0 spiro atoms. The first kappa shape index (κ1) is 9.10. The van der Waals surface area contributed by atoms with E-state index in [2.05, 4.69) is 11.7 Å². The summed E-state index contributed by atoms with van der Waals surface area (Å²) in [6, 6.07) is 0. The van der Waals surface area contributed by atoms with Crippen molar-refractivity contribution in [1.82, 2.24) is 0 Å². The summed E-state index contributed by atoms with van der Waals surface area (Å²) >= 11 is 0. The van der Waals surface area contributed by atoms with Crippen molar-refractivity contribution in [2.75, 3.05) is 7.11 Å². The molecule has 3 heteroatoms. The number of methoxy groups -OCH3 is 1. The van der Waals surface area contributed by atoms with Gasteiger partial charge in [0, 0.05) is 5.70 Å². The smallest absolute Gasteiger partial charge is 0.335 e. The number of esters is 1. The number of carbonyl (C=O) groups excluding carboxylic acids is 1. The zero-order chi connectivity index (χ0) is 9.14. The lowest BCUT2D eigenvalue weighted by molar-refractivity contribution is -0.136. The molecule has 0 aromatic rings. The van der Waals surface area contributed by atoms with Crippen LogP contribution < -0.4 is 5.73 Å². The van der Waals surface area contributed by atoms with E-state index in [0.29, 0.717) is 17.2 Å². The normalized spacial score (nSPS) is 23.0. The molecule has 0 saturated heterocycles. The van der Waals surface area contributed by atoms with E-state index in [1.807, 2.05) is 0 Å². The van der Waals surface area contributed by atoms with Gasteiger partial charge in [0.2, 0.25) is 0 Å². The van der Waals surface area contributed by atoms with Crippen LogP contribution in [0.25, 0.3) is 0 Å². The highest BCUT2D eigenvalue weighted by Crippen LogP contribution is 2.32. The maximum Gasteiger partial charge on any atom is 0.335 e. The van der Waals surface area contributed by atoms with Gasteiger partial charge >= 0.3 is 5.97 Å². The van der Waals surface area contributed by atoms with E-state index < -0.39 is 0 Å². The first-order valence-electron chi connectivity index (χ1n) is 4.27. The third-order valence-corrected chi connectivity index (χ3v) is 2.41. The van der Waals surface area contributed by atoms with Crippen LogP contribution in [-0.2, 0) is 9.53 Å². The molecule has 0 saturated carbocycles. The average molecular weight is 169 g/mol. The Morgan fingerprint density at radius 1 is 1.75 bits per heavy atom. The van der Waals surface area contributed by atoms with Crippen molar-refractivity contribution in [2.24, 2.45) is 11.7 Å². The van der Waals surface area contributed by atoms with Crippen LogP contribution in [0, 0.1) is 5.92 Å². The Balaban J connectivity index is 2.82. The van der Waals surface area contributed by atoms with Crippen LogP contribution in [0.3, 0.4) is 0 Å². The molecule has 1 unspecified atom stereocenters. The van der Waals surface area contributed by atoms with Crippen LogP contribution in [0.4, 0.5) is 0 Å². The molecule has 1 rings (SSSR count). The van der Waals surface area contributed by atoms with Crippen molar-refractivity contribution in [1.29, 1.82) is 0 Å². The summed E-state index contributed by atoms with van der Waals surface area (Å²) in [5, 5.41) is 0. The minimum absolute atomic E-state index is 0.253. The van der Waals surface area contributed by atoms with Gasteiger partial charge in [0.1, 0.15) is 0 Å². The molecule has 0 heterocycles. The van der Waals surface area contributed by atoms with E-state index >= 15 is 0 Å². The largest absolute Gasteiger partial charge is 0.466 e. The number of hydrogen-bond acceptors (Lipinski definition) is 3. The highest BCUT2D eigenvalue weighted by Gasteiger charge is 2.28. The predicted octanol–water partition coefficient (Wildman–Crippen LogP) is 1.19. The van der Waals surface area contributed by atoms with E-state index in [-0.39, 0.29) is 5.97 Å². The Kier molecular flexibility index (Phi) is 2.74. The monoisotopic (exact) mass is 169 g/mol. The maximum absolute atomic E-state index is 11.2. The van der Waals surface area contributed by atoms with Gasteiger partial charge < -0.3 is 10.5 Å². The molecule has 1 aliphatic rings. The SMILES string of the molecule is CCC1CCC(N)=C1C(=O)OC. The van der Waals surface area contributed by atoms with Gasteiger partial charge in [-0.2, -0.15) is 0 Å². The molecule has 0 aromatic heterocycles. The number of allylic oxidation sites excluding steroid dienone is 1. The van der Waals surface area contributed by atoms with Gasteiger partial charge in [-0.1, -0.05) is 6.92 Å². The number of ether oxygens (including phenoxy) is 1. The van der Waals surface area contributed by atoms with E-state index in [9.17, 15) is 4.79 Å². The Morgan fingerprint density at radius 3 is 2.92 bits per heavy atom. The second-order valence-electron chi connectivity index (χ2n) is 3.07.